The number of nitrogens with zero attached hydrogens (tertiary/aromatic N) is 4. The lowest BCUT2D eigenvalue weighted by molar-refractivity contribution is -0.129. The van der Waals surface area contributed by atoms with E-state index in [-0.39, 0.29) is 31.5 Å². The summed E-state index contributed by atoms with van der Waals surface area (Å²) in [5.74, 6) is 0.675. The van der Waals surface area contributed by atoms with E-state index in [2.05, 4.69) is 45.1 Å². The van der Waals surface area contributed by atoms with Crippen molar-refractivity contribution in [1.29, 1.82) is 0 Å². The highest BCUT2D eigenvalue weighted by Gasteiger charge is 2.51. The molecule has 4 aromatic rings. The first-order valence-electron chi connectivity index (χ1n) is 15.0. The number of amides is 1. The van der Waals surface area contributed by atoms with E-state index >= 15 is 0 Å². The highest BCUT2D eigenvalue weighted by molar-refractivity contribution is 6.01. The van der Waals surface area contributed by atoms with Crippen molar-refractivity contribution in [1.82, 2.24) is 10.9 Å². The Kier molecular flexibility index (Phi) is 8.79. The second-order valence-electron chi connectivity index (χ2n) is 11.1. The number of carbonyl (C=O) groups excluding carboxylic acids is 1. The lowest BCUT2D eigenvalue weighted by Gasteiger charge is -2.30. The molecule has 4 aromatic carbocycles. The molecule has 45 heavy (non-hydrogen) atoms. The SMILES string of the molecule is C[C@@H]1OC(c2ccc(OCCCO)cc2)=N[C@]1(Cc1ccccc1CN=[N+]=[N-])C(=O)NNC1c2ccccc2-c2ccccc21. The van der Waals surface area contributed by atoms with E-state index in [1.807, 2.05) is 79.7 Å². The predicted octanol–water partition coefficient (Wildman–Crippen LogP) is 5.80. The molecule has 0 unspecified atom stereocenters. The number of benzene rings is 4. The van der Waals surface area contributed by atoms with Crippen LogP contribution in [0.25, 0.3) is 21.6 Å². The molecule has 2 atom stereocenters. The number of ether oxygens (including phenoxy) is 2. The summed E-state index contributed by atoms with van der Waals surface area (Å²) >= 11 is 0. The molecule has 3 N–H and O–H groups in total. The first-order valence-corrected chi connectivity index (χ1v) is 15.0. The van der Waals surface area contributed by atoms with E-state index in [0.717, 1.165) is 33.4 Å². The molecular weight excluding hydrogens is 568 g/mol. The van der Waals surface area contributed by atoms with Crippen LogP contribution in [0.2, 0.25) is 0 Å². The van der Waals surface area contributed by atoms with Gasteiger partial charge in [0, 0.05) is 29.9 Å². The molecular formula is C35H34N6O4. The molecule has 6 rings (SSSR count). The van der Waals surface area contributed by atoms with Crippen LogP contribution >= 0.6 is 0 Å². The van der Waals surface area contributed by atoms with Gasteiger partial charge in [-0.1, -0.05) is 77.9 Å². The number of aliphatic hydroxyl groups excluding tert-OH is 1. The summed E-state index contributed by atoms with van der Waals surface area (Å²) in [4.78, 5) is 22.3. The maximum Gasteiger partial charge on any atom is 0.266 e. The fourth-order valence-electron chi connectivity index (χ4n) is 5.98. The summed E-state index contributed by atoms with van der Waals surface area (Å²) in [5, 5.41) is 12.8. The van der Waals surface area contributed by atoms with Gasteiger partial charge in [0.25, 0.3) is 5.91 Å². The van der Waals surface area contributed by atoms with Gasteiger partial charge in [0.15, 0.2) is 5.54 Å². The Labute approximate surface area is 261 Å². The molecule has 1 aliphatic heterocycles. The third-order valence-corrected chi connectivity index (χ3v) is 8.37. The third kappa shape index (κ3) is 5.99. The Morgan fingerprint density at radius 1 is 0.978 bits per heavy atom. The van der Waals surface area contributed by atoms with Crippen molar-refractivity contribution < 1.29 is 19.4 Å². The normalized spacial score (nSPS) is 18.3. The van der Waals surface area contributed by atoms with Crippen LogP contribution in [0.15, 0.2) is 107 Å². The maximum absolute atomic E-state index is 14.4. The van der Waals surface area contributed by atoms with E-state index in [1.54, 1.807) is 0 Å². The summed E-state index contributed by atoms with van der Waals surface area (Å²) in [6, 6.07) is 31.0. The van der Waals surface area contributed by atoms with Gasteiger partial charge in [-0.15, -0.1) is 0 Å². The van der Waals surface area contributed by atoms with Gasteiger partial charge in [-0.3, -0.25) is 10.2 Å². The molecule has 0 spiro atoms. The van der Waals surface area contributed by atoms with Crippen molar-refractivity contribution in [3.8, 4) is 16.9 Å². The molecule has 0 radical (unpaired) electrons. The Balaban J connectivity index is 1.32. The highest BCUT2D eigenvalue weighted by Crippen LogP contribution is 2.43. The zero-order chi connectivity index (χ0) is 31.2. The van der Waals surface area contributed by atoms with Crippen molar-refractivity contribution >= 4 is 11.8 Å². The van der Waals surface area contributed by atoms with E-state index in [1.165, 1.54) is 0 Å². The summed E-state index contributed by atoms with van der Waals surface area (Å²) < 4.78 is 12.0. The minimum atomic E-state index is -1.33. The van der Waals surface area contributed by atoms with Crippen molar-refractivity contribution in [3.63, 3.8) is 0 Å². The monoisotopic (exact) mass is 602 g/mol. The lowest BCUT2D eigenvalue weighted by atomic mass is 9.84. The standard InChI is InChI=1S/C35H34N6O4/c1-23-35(21-25-9-2-3-10-26(25)22-37-41-36,38-33(45-23)24-15-17-27(18-16-24)44-20-8-19-42)34(43)40-39-32-30-13-6-4-11-28(30)29-12-5-7-14-31(29)32/h2-7,9-18,23,32,39,42H,8,19-22H2,1H3,(H,40,43)/t23-,35-/m0/s1. The van der Waals surface area contributed by atoms with Crippen molar-refractivity contribution in [2.24, 2.45) is 10.1 Å². The number of aliphatic imine (C=N–C) groups is 1. The Morgan fingerprint density at radius 2 is 1.62 bits per heavy atom. The Hall–Kier alpha value is -5.15. The Bertz CT molecular complexity index is 1720. The maximum atomic E-state index is 14.4. The summed E-state index contributed by atoms with van der Waals surface area (Å²) in [6.07, 6.45) is 0.146. The number of rotatable bonds is 12. The number of fused-ring (bicyclic) bond motifs is 3. The molecule has 228 valence electrons. The Morgan fingerprint density at radius 3 is 2.29 bits per heavy atom. The molecule has 0 saturated heterocycles. The van der Waals surface area contributed by atoms with Crippen LogP contribution in [-0.4, -0.2) is 41.8 Å². The van der Waals surface area contributed by atoms with Crippen molar-refractivity contribution in [2.45, 2.75) is 44.0 Å². The van der Waals surface area contributed by atoms with E-state index in [9.17, 15) is 4.79 Å². The molecule has 0 bridgehead atoms. The first-order chi connectivity index (χ1) is 22.0. The van der Waals surface area contributed by atoms with E-state index in [4.69, 9.17) is 25.1 Å². The molecule has 0 saturated carbocycles. The molecule has 1 aliphatic carbocycles. The van der Waals surface area contributed by atoms with Gasteiger partial charge in [0.1, 0.15) is 11.9 Å². The van der Waals surface area contributed by atoms with E-state index < -0.39 is 11.6 Å². The van der Waals surface area contributed by atoms with Gasteiger partial charge in [-0.2, -0.15) is 0 Å². The van der Waals surface area contributed by atoms with Gasteiger partial charge in [-0.25, -0.2) is 10.4 Å². The van der Waals surface area contributed by atoms with E-state index in [0.29, 0.717) is 30.2 Å². The molecule has 2 aliphatic rings. The van der Waals surface area contributed by atoms with Gasteiger partial charge >= 0.3 is 0 Å². The predicted molar refractivity (Wildman–Crippen MR) is 171 cm³/mol. The van der Waals surface area contributed by atoms with Gasteiger partial charge in [0.2, 0.25) is 5.90 Å². The second-order valence-corrected chi connectivity index (χ2v) is 11.1. The third-order valence-electron chi connectivity index (χ3n) is 8.37. The summed E-state index contributed by atoms with van der Waals surface area (Å²) in [6.45, 7) is 2.47. The van der Waals surface area contributed by atoms with Crippen LogP contribution in [0.1, 0.15) is 47.2 Å². The average Bonchev–Trinajstić information content (AvgIpc) is 3.58. The number of hydrogen-bond donors (Lipinski definition) is 3. The fourth-order valence-corrected chi connectivity index (χ4v) is 5.98. The smallest absolute Gasteiger partial charge is 0.266 e. The van der Waals surface area contributed by atoms with Gasteiger partial charge in [-0.05, 0) is 70.1 Å². The van der Waals surface area contributed by atoms with Crippen LogP contribution in [-0.2, 0) is 22.5 Å². The number of azide groups is 1. The average molecular weight is 603 g/mol. The van der Waals surface area contributed by atoms with Crippen molar-refractivity contribution in [3.05, 3.63) is 135 Å². The van der Waals surface area contributed by atoms with Crippen molar-refractivity contribution in [2.75, 3.05) is 13.2 Å². The summed E-state index contributed by atoms with van der Waals surface area (Å²) in [5.41, 5.74) is 20.7. The number of nitrogens with one attached hydrogen (secondary N) is 2. The molecule has 1 amide bonds. The minimum absolute atomic E-state index is 0.0609. The highest BCUT2D eigenvalue weighted by atomic mass is 16.5. The van der Waals surface area contributed by atoms with Crippen LogP contribution < -0.4 is 15.6 Å². The van der Waals surface area contributed by atoms with Crippen LogP contribution in [0.5, 0.6) is 5.75 Å². The van der Waals surface area contributed by atoms with Crippen LogP contribution in [0.4, 0.5) is 0 Å². The number of hydrazine groups is 1. The minimum Gasteiger partial charge on any atom is -0.494 e. The van der Waals surface area contributed by atoms with Crippen LogP contribution in [0.3, 0.4) is 0 Å². The fraction of sp³-hybridized carbons (Fsp3) is 0.257. The zero-order valence-electron chi connectivity index (χ0n) is 24.9. The second kappa shape index (κ2) is 13.2. The summed E-state index contributed by atoms with van der Waals surface area (Å²) in [7, 11) is 0. The largest absolute Gasteiger partial charge is 0.494 e. The quantitative estimate of drug-likeness (QED) is 0.0618. The molecule has 0 fully saturated rings. The number of hydrogen-bond acceptors (Lipinski definition) is 7. The molecule has 10 heteroatoms. The lowest BCUT2D eigenvalue weighted by Crippen LogP contribution is -2.56. The first kappa shape index (κ1) is 29.9. The number of carbonyl (C=O) groups is 1. The number of aliphatic hydroxyl groups is 1. The zero-order valence-corrected chi connectivity index (χ0v) is 24.9. The van der Waals surface area contributed by atoms with Gasteiger partial charge < -0.3 is 14.6 Å². The van der Waals surface area contributed by atoms with Crippen LogP contribution in [0, 0.1) is 0 Å². The van der Waals surface area contributed by atoms with Gasteiger partial charge in [0.05, 0.1) is 19.2 Å². The molecule has 10 nitrogen and oxygen atoms in total. The topological polar surface area (TPSA) is 141 Å². The molecule has 1 heterocycles. The molecule has 0 aromatic heterocycles.